The SMILES string of the molecule is CCOC(=O)N/N=C/CC1CC1. The molecule has 0 unspecified atom stereocenters. The molecule has 1 aliphatic rings. The topological polar surface area (TPSA) is 50.7 Å². The number of nitrogens with one attached hydrogen (secondary N) is 1. The first kappa shape index (κ1) is 9.03. The molecule has 0 spiro atoms. The summed E-state index contributed by atoms with van der Waals surface area (Å²) in [7, 11) is 0. The van der Waals surface area contributed by atoms with Gasteiger partial charge in [-0.1, -0.05) is 0 Å². The molecule has 0 atom stereocenters. The summed E-state index contributed by atoms with van der Waals surface area (Å²) in [5.41, 5.74) is 2.28. The predicted octanol–water partition coefficient (Wildman–Crippen LogP) is 1.52. The van der Waals surface area contributed by atoms with Crippen LogP contribution >= 0.6 is 0 Å². The zero-order valence-corrected chi connectivity index (χ0v) is 7.25. The van der Waals surface area contributed by atoms with Gasteiger partial charge in [0.15, 0.2) is 0 Å². The first-order valence-electron chi connectivity index (χ1n) is 4.27. The standard InChI is InChI=1S/C8H14N2O2/c1-2-12-8(11)10-9-6-5-7-3-4-7/h6-7H,2-5H2,1H3,(H,10,11)/b9-6+. The van der Waals surface area contributed by atoms with Crippen molar-refractivity contribution >= 4 is 12.3 Å². The molecule has 0 aromatic rings. The monoisotopic (exact) mass is 170 g/mol. The molecule has 4 nitrogen and oxygen atoms in total. The van der Waals surface area contributed by atoms with Crippen molar-refractivity contribution in [3.8, 4) is 0 Å². The second kappa shape index (κ2) is 4.74. The van der Waals surface area contributed by atoms with E-state index in [0.29, 0.717) is 6.61 Å². The summed E-state index contributed by atoms with van der Waals surface area (Å²) in [6.45, 7) is 2.14. The summed E-state index contributed by atoms with van der Waals surface area (Å²) >= 11 is 0. The summed E-state index contributed by atoms with van der Waals surface area (Å²) in [5.74, 6) is 0.803. The van der Waals surface area contributed by atoms with Crippen LogP contribution in [0.1, 0.15) is 26.2 Å². The van der Waals surface area contributed by atoms with Crippen molar-refractivity contribution in [3.05, 3.63) is 0 Å². The van der Waals surface area contributed by atoms with Crippen LogP contribution < -0.4 is 5.43 Å². The summed E-state index contributed by atoms with van der Waals surface area (Å²) in [6, 6.07) is 0. The molecule has 0 radical (unpaired) electrons. The maximum atomic E-state index is 10.7. The van der Waals surface area contributed by atoms with E-state index in [2.05, 4.69) is 15.3 Å². The summed E-state index contributed by atoms with van der Waals surface area (Å²) in [4.78, 5) is 10.7. The van der Waals surface area contributed by atoms with Gasteiger partial charge in [-0.3, -0.25) is 0 Å². The molecule has 1 fully saturated rings. The lowest BCUT2D eigenvalue weighted by atomic mass is 10.3. The third-order valence-electron chi connectivity index (χ3n) is 1.66. The highest BCUT2D eigenvalue weighted by Gasteiger charge is 2.19. The van der Waals surface area contributed by atoms with E-state index in [1.807, 2.05) is 0 Å². The molecule has 0 bridgehead atoms. The zero-order chi connectivity index (χ0) is 8.81. The van der Waals surface area contributed by atoms with E-state index < -0.39 is 6.09 Å². The Balaban J connectivity index is 1.98. The predicted molar refractivity (Wildman–Crippen MR) is 46.0 cm³/mol. The Morgan fingerprint density at radius 3 is 3.08 bits per heavy atom. The molecular weight excluding hydrogens is 156 g/mol. The van der Waals surface area contributed by atoms with Gasteiger partial charge >= 0.3 is 6.09 Å². The van der Waals surface area contributed by atoms with Crippen LogP contribution in [0.25, 0.3) is 0 Å². The molecule has 1 saturated carbocycles. The number of hydrazone groups is 1. The Bertz CT molecular complexity index is 176. The van der Waals surface area contributed by atoms with Crippen LogP contribution in [-0.2, 0) is 4.74 Å². The van der Waals surface area contributed by atoms with Crippen LogP contribution in [0.5, 0.6) is 0 Å². The van der Waals surface area contributed by atoms with Crippen LogP contribution in [0.4, 0.5) is 4.79 Å². The summed E-state index contributed by atoms with van der Waals surface area (Å²) in [5, 5.41) is 3.72. The fraction of sp³-hybridized carbons (Fsp3) is 0.750. The van der Waals surface area contributed by atoms with Crippen molar-refractivity contribution in [1.82, 2.24) is 5.43 Å². The Morgan fingerprint density at radius 1 is 1.75 bits per heavy atom. The van der Waals surface area contributed by atoms with Gasteiger partial charge in [-0.05, 0) is 32.1 Å². The molecule has 0 heterocycles. The van der Waals surface area contributed by atoms with Gasteiger partial charge in [-0.2, -0.15) is 5.10 Å². The van der Waals surface area contributed by atoms with Gasteiger partial charge < -0.3 is 4.74 Å². The second-order valence-electron chi connectivity index (χ2n) is 2.82. The lowest BCUT2D eigenvalue weighted by Gasteiger charge is -1.97. The molecule has 1 aliphatic carbocycles. The average Bonchev–Trinajstić information content (AvgIpc) is 2.82. The van der Waals surface area contributed by atoms with Crippen LogP contribution in [0, 0.1) is 5.92 Å². The Kier molecular flexibility index (Phi) is 3.57. The molecule has 0 aromatic heterocycles. The number of ether oxygens (including phenoxy) is 1. The normalized spacial score (nSPS) is 16.4. The first-order chi connectivity index (χ1) is 5.83. The van der Waals surface area contributed by atoms with E-state index in [1.54, 1.807) is 13.1 Å². The minimum absolute atomic E-state index is 0.379. The molecule has 4 heteroatoms. The van der Waals surface area contributed by atoms with Crippen molar-refractivity contribution < 1.29 is 9.53 Å². The highest BCUT2D eigenvalue weighted by Crippen LogP contribution is 2.31. The summed E-state index contributed by atoms with van der Waals surface area (Å²) in [6.07, 6.45) is 4.81. The Labute approximate surface area is 72.0 Å². The molecule has 1 rings (SSSR count). The van der Waals surface area contributed by atoms with Gasteiger partial charge in [0.25, 0.3) is 0 Å². The third kappa shape index (κ3) is 3.95. The van der Waals surface area contributed by atoms with Crippen LogP contribution in [0.15, 0.2) is 5.10 Å². The van der Waals surface area contributed by atoms with Gasteiger partial charge in [0.2, 0.25) is 0 Å². The molecule has 0 saturated heterocycles. The van der Waals surface area contributed by atoms with Crippen molar-refractivity contribution in [2.24, 2.45) is 11.0 Å². The van der Waals surface area contributed by atoms with Crippen LogP contribution in [0.3, 0.4) is 0 Å². The molecular formula is C8H14N2O2. The minimum Gasteiger partial charge on any atom is -0.449 e. The van der Waals surface area contributed by atoms with Crippen molar-refractivity contribution in [2.75, 3.05) is 6.61 Å². The molecule has 68 valence electrons. The maximum absolute atomic E-state index is 10.7. The fourth-order valence-corrected chi connectivity index (χ4v) is 0.817. The van der Waals surface area contributed by atoms with E-state index in [0.717, 1.165) is 12.3 Å². The second-order valence-corrected chi connectivity index (χ2v) is 2.82. The fourth-order valence-electron chi connectivity index (χ4n) is 0.817. The number of rotatable bonds is 4. The highest BCUT2D eigenvalue weighted by molar-refractivity contribution is 5.69. The molecule has 0 aliphatic heterocycles. The Hall–Kier alpha value is -1.06. The minimum atomic E-state index is -0.482. The van der Waals surface area contributed by atoms with Crippen molar-refractivity contribution in [1.29, 1.82) is 0 Å². The van der Waals surface area contributed by atoms with Crippen molar-refractivity contribution in [2.45, 2.75) is 26.2 Å². The molecule has 0 aromatic carbocycles. The van der Waals surface area contributed by atoms with E-state index in [1.165, 1.54) is 12.8 Å². The van der Waals surface area contributed by atoms with Crippen LogP contribution in [-0.4, -0.2) is 18.9 Å². The third-order valence-corrected chi connectivity index (χ3v) is 1.66. The number of nitrogens with zero attached hydrogens (tertiary/aromatic N) is 1. The van der Waals surface area contributed by atoms with Gasteiger partial charge in [0.1, 0.15) is 0 Å². The van der Waals surface area contributed by atoms with E-state index in [9.17, 15) is 4.79 Å². The average molecular weight is 170 g/mol. The Morgan fingerprint density at radius 2 is 2.50 bits per heavy atom. The van der Waals surface area contributed by atoms with Gasteiger partial charge in [0.05, 0.1) is 6.61 Å². The zero-order valence-electron chi connectivity index (χ0n) is 7.25. The van der Waals surface area contributed by atoms with E-state index >= 15 is 0 Å². The maximum Gasteiger partial charge on any atom is 0.427 e. The number of hydrogen-bond acceptors (Lipinski definition) is 3. The molecule has 12 heavy (non-hydrogen) atoms. The lowest BCUT2D eigenvalue weighted by molar-refractivity contribution is 0.152. The highest BCUT2D eigenvalue weighted by atomic mass is 16.5. The molecule has 1 amide bonds. The number of carbonyl (C=O) groups excluding carboxylic acids is 1. The van der Waals surface area contributed by atoms with Gasteiger partial charge in [-0.25, -0.2) is 10.2 Å². The van der Waals surface area contributed by atoms with E-state index in [4.69, 9.17) is 0 Å². The smallest absolute Gasteiger partial charge is 0.427 e. The lowest BCUT2D eigenvalue weighted by Crippen LogP contribution is -2.18. The number of amides is 1. The van der Waals surface area contributed by atoms with Crippen molar-refractivity contribution in [3.63, 3.8) is 0 Å². The quantitative estimate of drug-likeness (QED) is 0.513. The van der Waals surface area contributed by atoms with Gasteiger partial charge in [0, 0.05) is 6.21 Å². The van der Waals surface area contributed by atoms with Gasteiger partial charge in [-0.15, -0.1) is 0 Å². The molecule has 1 N–H and O–H groups in total. The van der Waals surface area contributed by atoms with E-state index in [-0.39, 0.29) is 0 Å². The summed E-state index contributed by atoms with van der Waals surface area (Å²) < 4.78 is 4.60. The number of hydrogen-bond donors (Lipinski definition) is 1. The largest absolute Gasteiger partial charge is 0.449 e. The number of carbonyl (C=O) groups is 1. The van der Waals surface area contributed by atoms with Crippen LogP contribution in [0.2, 0.25) is 0 Å². The first-order valence-corrected chi connectivity index (χ1v) is 4.27.